The molecule has 1 aliphatic rings. The van der Waals surface area contributed by atoms with Crippen LogP contribution < -0.4 is 4.74 Å². The number of rotatable bonds is 5. The number of ether oxygens (including phenoxy) is 3. The highest BCUT2D eigenvalue weighted by molar-refractivity contribution is 6.00. The predicted molar refractivity (Wildman–Crippen MR) is 103 cm³/mol. The monoisotopic (exact) mass is 391 g/mol. The highest BCUT2D eigenvalue weighted by atomic mass is 16.6. The number of hydrogen-bond donors (Lipinski definition) is 0. The molecule has 1 saturated heterocycles. The Morgan fingerprint density at radius 1 is 1.07 bits per heavy atom. The quantitative estimate of drug-likeness (QED) is 0.565. The number of benzene rings is 1. The van der Waals surface area contributed by atoms with Crippen LogP contribution in [-0.4, -0.2) is 54.7 Å². The van der Waals surface area contributed by atoms with Crippen molar-refractivity contribution >= 4 is 17.8 Å². The van der Waals surface area contributed by atoms with E-state index in [0.29, 0.717) is 37.2 Å². The largest absolute Gasteiger partial charge is 0.497 e. The number of likely N-dealkylation sites (tertiary alicyclic amines) is 1. The van der Waals surface area contributed by atoms with Gasteiger partial charge in [-0.15, -0.1) is 0 Å². The Morgan fingerprint density at radius 3 is 2.14 bits per heavy atom. The van der Waals surface area contributed by atoms with Gasteiger partial charge in [-0.3, -0.25) is 9.59 Å². The molecule has 1 amide bonds. The number of esters is 1. The van der Waals surface area contributed by atoms with Crippen molar-refractivity contribution in [3.8, 4) is 5.75 Å². The number of methoxy groups -OCH3 is 1. The SMILES string of the molecule is COc1ccc(C(=O)C(C)OC(=O)C2CCN(C(=O)OC(C)(C)C)CC2)cc1. The van der Waals surface area contributed by atoms with Crippen LogP contribution in [0.1, 0.15) is 50.9 Å². The molecule has 7 nitrogen and oxygen atoms in total. The van der Waals surface area contributed by atoms with Crippen LogP contribution in [0.15, 0.2) is 24.3 Å². The normalized spacial score (nSPS) is 16.2. The average molecular weight is 391 g/mol. The van der Waals surface area contributed by atoms with Crippen molar-refractivity contribution in [1.29, 1.82) is 0 Å². The Hall–Kier alpha value is -2.57. The number of nitrogens with zero attached hydrogens (tertiary/aromatic N) is 1. The van der Waals surface area contributed by atoms with Crippen molar-refractivity contribution in [2.75, 3.05) is 20.2 Å². The lowest BCUT2D eigenvalue weighted by Gasteiger charge is -2.32. The first kappa shape index (κ1) is 21.7. The minimum atomic E-state index is -0.871. The molecule has 0 bridgehead atoms. The highest BCUT2D eigenvalue weighted by Gasteiger charge is 2.32. The van der Waals surface area contributed by atoms with Gasteiger partial charge >= 0.3 is 12.1 Å². The molecule has 0 N–H and O–H groups in total. The number of Topliss-reactive ketones (excluding diaryl/α,β-unsaturated/α-hetero) is 1. The summed E-state index contributed by atoms with van der Waals surface area (Å²) in [5, 5.41) is 0. The number of carbonyl (C=O) groups is 3. The lowest BCUT2D eigenvalue weighted by Crippen LogP contribution is -2.43. The smallest absolute Gasteiger partial charge is 0.410 e. The number of piperidine rings is 1. The molecule has 1 aromatic carbocycles. The molecule has 0 spiro atoms. The van der Waals surface area contributed by atoms with Gasteiger partial charge in [0.2, 0.25) is 5.78 Å². The summed E-state index contributed by atoms with van der Waals surface area (Å²) in [4.78, 5) is 38.6. The number of ketones is 1. The maximum absolute atomic E-state index is 12.4. The van der Waals surface area contributed by atoms with E-state index < -0.39 is 17.7 Å². The maximum atomic E-state index is 12.4. The van der Waals surface area contributed by atoms with Crippen molar-refractivity contribution in [2.45, 2.75) is 52.2 Å². The lowest BCUT2D eigenvalue weighted by atomic mass is 9.97. The van der Waals surface area contributed by atoms with E-state index in [0.717, 1.165) is 0 Å². The van der Waals surface area contributed by atoms with Gasteiger partial charge in [-0.1, -0.05) is 0 Å². The van der Waals surface area contributed by atoms with Crippen LogP contribution in [0.2, 0.25) is 0 Å². The Labute approximate surface area is 165 Å². The molecule has 0 aromatic heterocycles. The Morgan fingerprint density at radius 2 is 1.64 bits per heavy atom. The zero-order chi connectivity index (χ0) is 20.9. The van der Waals surface area contributed by atoms with Crippen molar-refractivity contribution in [1.82, 2.24) is 4.90 Å². The molecule has 1 fully saturated rings. The molecule has 7 heteroatoms. The van der Waals surface area contributed by atoms with E-state index in [1.807, 2.05) is 20.8 Å². The van der Waals surface area contributed by atoms with Gasteiger partial charge in [0.05, 0.1) is 13.0 Å². The lowest BCUT2D eigenvalue weighted by molar-refractivity contribution is -0.152. The van der Waals surface area contributed by atoms with Gasteiger partial charge in [0.25, 0.3) is 0 Å². The van der Waals surface area contributed by atoms with E-state index in [-0.39, 0.29) is 17.8 Å². The van der Waals surface area contributed by atoms with Gasteiger partial charge in [0.1, 0.15) is 11.4 Å². The summed E-state index contributed by atoms with van der Waals surface area (Å²) in [5.41, 5.74) is -0.0924. The molecule has 1 unspecified atom stereocenters. The van der Waals surface area contributed by atoms with Gasteiger partial charge in [-0.25, -0.2) is 4.79 Å². The summed E-state index contributed by atoms with van der Waals surface area (Å²) < 4.78 is 15.8. The van der Waals surface area contributed by atoms with Gasteiger partial charge < -0.3 is 19.1 Å². The van der Waals surface area contributed by atoms with Crippen LogP contribution >= 0.6 is 0 Å². The molecule has 1 aliphatic heterocycles. The second-order valence-electron chi connectivity index (χ2n) is 7.91. The van der Waals surface area contributed by atoms with Crippen LogP contribution in [-0.2, 0) is 14.3 Å². The summed E-state index contributed by atoms with van der Waals surface area (Å²) in [5.74, 6) is -0.344. The second-order valence-corrected chi connectivity index (χ2v) is 7.91. The molecular weight excluding hydrogens is 362 g/mol. The molecule has 2 rings (SSSR count). The van der Waals surface area contributed by atoms with E-state index in [4.69, 9.17) is 14.2 Å². The fourth-order valence-corrected chi connectivity index (χ4v) is 2.94. The van der Waals surface area contributed by atoms with E-state index in [2.05, 4.69) is 0 Å². The fraction of sp³-hybridized carbons (Fsp3) is 0.571. The third-order valence-electron chi connectivity index (χ3n) is 4.52. The number of hydrogen-bond acceptors (Lipinski definition) is 6. The molecule has 154 valence electrons. The Balaban J connectivity index is 1.84. The number of carbonyl (C=O) groups excluding carboxylic acids is 3. The summed E-state index contributed by atoms with van der Waals surface area (Å²) in [7, 11) is 1.55. The van der Waals surface area contributed by atoms with Crippen LogP contribution in [0.3, 0.4) is 0 Å². The van der Waals surface area contributed by atoms with Gasteiger partial charge in [-0.2, -0.15) is 0 Å². The summed E-state index contributed by atoms with van der Waals surface area (Å²) in [6, 6.07) is 6.66. The molecule has 0 aliphatic carbocycles. The third kappa shape index (κ3) is 5.97. The zero-order valence-corrected chi connectivity index (χ0v) is 17.2. The highest BCUT2D eigenvalue weighted by Crippen LogP contribution is 2.22. The van der Waals surface area contributed by atoms with E-state index in [1.54, 1.807) is 43.2 Å². The molecule has 1 aromatic rings. The van der Waals surface area contributed by atoms with Crippen LogP contribution in [0.4, 0.5) is 4.79 Å². The summed E-state index contributed by atoms with van der Waals surface area (Å²) in [6.45, 7) is 7.87. The number of amides is 1. The molecule has 1 atom stereocenters. The van der Waals surface area contributed by atoms with Crippen molar-refractivity contribution in [2.24, 2.45) is 5.92 Å². The summed E-state index contributed by atoms with van der Waals surface area (Å²) >= 11 is 0. The van der Waals surface area contributed by atoms with Gasteiger partial charge in [0.15, 0.2) is 6.10 Å². The van der Waals surface area contributed by atoms with Crippen LogP contribution in [0.25, 0.3) is 0 Å². The molecule has 28 heavy (non-hydrogen) atoms. The Kier molecular flexibility index (Phi) is 7.05. The molecule has 0 radical (unpaired) electrons. The molecular formula is C21H29NO6. The van der Waals surface area contributed by atoms with Gasteiger partial charge in [0, 0.05) is 18.7 Å². The predicted octanol–water partition coefficient (Wildman–Crippen LogP) is 3.46. The third-order valence-corrected chi connectivity index (χ3v) is 4.52. The zero-order valence-electron chi connectivity index (χ0n) is 17.2. The van der Waals surface area contributed by atoms with Crippen LogP contribution in [0, 0.1) is 5.92 Å². The van der Waals surface area contributed by atoms with Crippen molar-refractivity contribution in [3.05, 3.63) is 29.8 Å². The standard InChI is InChI=1S/C21H29NO6/c1-14(18(23)15-6-8-17(26-5)9-7-15)27-19(24)16-10-12-22(13-11-16)20(25)28-21(2,3)4/h6-9,14,16H,10-13H2,1-5H3. The fourth-order valence-electron chi connectivity index (χ4n) is 2.94. The van der Waals surface area contributed by atoms with E-state index in [1.165, 1.54) is 0 Å². The maximum Gasteiger partial charge on any atom is 0.410 e. The average Bonchev–Trinajstić information content (AvgIpc) is 2.66. The minimum absolute atomic E-state index is 0.262. The van der Waals surface area contributed by atoms with Crippen molar-refractivity contribution in [3.63, 3.8) is 0 Å². The first-order valence-electron chi connectivity index (χ1n) is 9.47. The van der Waals surface area contributed by atoms with E-state index >= 15 is 0 Å². The van der Waals surface area contributed by atoms with Crippen molar-refractivity contribution < 1.29 is 28.6 Å². The Bertz CT molecular complexity index is 699. The summed E-state index contributed by atoms with van der Waals surface area (Å²) in [6.07, 6.45) is -0.268. The first-order valence-corrected chi connectivity index (χ1v) is 9.47. The second kappa shape index (κ2) is 9.08. The molecule has 0 saturated carbocycles. The van der Waals surface area contributed by atoms with Crippen LogP contribution in [0.5, 0.6) is 5.75 Å². The first-order chi connectivity index (χ1) is 13.1. The minimum Gasteiger partial charge on any atom is -0.497 e. The van der Waals surface area contributed by atoms with Gasteiger partial charge in [-0.05, 0) is 64.8 Å². The topological polar surface area (TPSA) is 82.1 Å². The van der Waals surface area contributed by atoms with E-state index in [9.17, 15) is 14.4 Å². The molecule has 1 heterocycles.